The second-order valence-electron chi connectivity index (χ2n) is 9.66. The lowest BCUT2D eigenvalue weighted by atomic mass is 9.76. The minimum Gasteiger partial charge on any atom is -0.363 e. The Kier molecular flexibility index (Phi) is 6.20. The number of benzene rings is 2. The molecule has 2 aromatic carbocycles. The van der Waals surface area contributed by atoms with E-state index in [9.17, 15) is 18.0 Å². The molecule has 6 nitrogen and oxygen atoms in total. The van der Waals surface area contributed by atoms with Crippen molar-refractivity contribution in [2.45, 2.75) is 44.7 Å². The quantitative estimate of drug-likeness (QED) is 0.530. The number of halogens is 3. The van der Waals surface area contributed by atoms with E-state index in [-0.39, 0.29) is 18.0 Å². The predicted octanol–water partition coefficient (Wildman–Crippen LogP) is 5.15. The zero-order chi connectivity index (χ0) is 25.6. The lowest BCUT2D eigenvalue weighted by Gasteiger charge is -2.40. The molecule has 1 unspecified atom stereocenters. The van der Waals surface area contributed by atoms with Crippen LogP contribution >= 0.6 is 0 Å². The normalized spacial score (nSPS) is 20.8. The largest absolute Gasteiger partial charge is 0.363 e. The molecule has 0 saturated carbocycles. The molecule has 0 radical (unpaired) electrons. The Morgan fingerprint density at radius 1 is 1.06 bits per heavy atom. The molecule has 1 fully saturated rings. The van der Waals surface area contributed by atoms with E-state index >= 15 is 0 Å². The van der Waals surface area contributed by atoms with Crippen LogP contribution in [-0.2, 0) is 16.8 Å². The number of rotatable bonds is 5. The van der Waals surface area contributed by atoms with Crippen molar-refractivity contribution < 1.29 is 18.0 Å². The third kappa shape index (κ3) is 4.01. The van der Waals surface area contributed by atoms with E-state index in [1.807, 2.05) is 37.4 Å². The van der Waals surface area contributed by atoms with E-state index in [4.69, 9.17) is 4.98 Å². The van der Waals surface area contributed by atoms with Crippen molar-refractivity contribution in [3.63, 3.8) is 0 Å². The third-order valence-corrected chi connectivity index (χ3v) is 7.18. The lowest BCUT2D eigenvalue weighted by molar-refractivity contribution is -0.124. The van der Waals surface area contributed by atoms with Gasteiger partial charge in [-0.1, -0.05) is 36.4 Å². The third-order valence-electron chi connectivity index (χ3n) is 7.18. The van der Waals surface area contributed by atoms with Gasteiger partial charge in [-0.15, -0.1) is 0 Å². The molecule has 0 aliphatic carbocycles. The summed E-state index contributed by atoms with van der Waals surface area (Å²) in [6, 6.07) is 12.8. The molecular weight excluding hydrogens is 467 g/mol. The molecule has 0 bridgehead atoms. The summed E-state index contributed by atoms with van der Waals surface area (Å²) in [5.41, 5.74) is 0.893. The fourth-order valence-electron chi connectivity index (χ4n) is 5.39. The first kappa shape index (κ1) is 24.2. The van der Waals surface area contributed by atoms with E-state index < -0.39 is 29.3 Å². The highest BCUT2D eigenvalue weighted by molar-refractivity contribution is 6.03. The van der Waals surface area contributed by atoms with Crippen LogP contribution in [0.1, 0.15) is 54.0 Å². The Hall–Kier alpha value is -3.46. The number of likely N-dealkylation sites (tertiary alicyclic amines) is 1. The number of aryl methyl sites for hydroxylation is 1. The summed E-state index contributed by atoms with van der Waals surface area (Å²) in [7, 11) is 1.98. The summed E-state index contributed by atoms with van der Waals surface area (Å²) in [4.78, 5) is 27.2. The van der Waals surface area contributed by atoms with Gasteiger partial charge in [-0.3, -0.25) is 4.79 Å². The van der Waals surface area contributed by atoms with Gasteiger partial charge in [0, 0.05) is 23.4 Å². The molecule has 1 spiro atoms. The maximum absolute atomic E-state index is 14.9. The summed E-state index contributed by atoms with van der Waals surface area (Å²) in [6.45, 7) is 4.99. The second kappa shape index (κ2) is 9.20. The predicted molar refractivity (Wildman–Crippen MR) is 132 cm³/mol. The first-order chi connectivity index (χ1) is 17.2. The van der Waals surface area contributed by atoms with Gasteiger partial charge >= 0.3 is 0 Å². The van der Waals surface area contributed by atoms with Crippen LogP contribution < -0.4 is 10.2 Å². The van der Waals surface area contributed by atoms with Gasteiger partial charge < -0.3 is 15.1 Å². The van der Waals surface area contributed by atoms with E-state index in [1.165, 1.54) is 12.1 Å². The SMILES string of the molecule is Cc1nc(N[C@H](C)c2cccc(C(F)F)c2F)c2c(n1)C1(CCN(C)C1)C(=O)N(c1ccccc1)C2. The lowest BCUT2D eigenvalue weighted by Crippen LogP contribution is -2.53. The Morgan fingerprint density at radius 3 is 2.44 bits per heavy atom. The van der Waals surface area contributed by atoms with Crippen LogP contribution in [0.4, 0.5) is 24.7 Å². The standard InChI is InChI=1S/C27H28F3N5O/c1-16(19-10-7-11-20(22(19)28)24(29)30)31-25-21-14-35(18-8-5-4-6-9-18)26(36)27(12-13-34(3)15-27)23(21)32-17(2)33-25/h4-11,16,24H,12-15H2,1-3H3,(H,31,32,33)/t16-,27?/m1/s1. The summed E-state index contributed by atoms with van der Waals surface area (Å²) < 4.78 is 41.5. The van der Waals surface area contributed by atoms with Crippen LogP contribution in [0.2, 0.25) is 0 Å². The first-order valence-electron chi connectivity index (χ1n) is 12.0. The number of alkyl halides is 2. The van der Waals surface area contributed by atoms with E-state index in [1.54, 1.807) is 18.7 Å². The van der Waals surface area contributed by atoms with Crippen molar-refractivity contribution in [3.05, 3.63) is 82.6 Å². The maximum atomic E-state index is 14.9. The topological polar surface area (TPSA) is 61.4 Å². The molecule has 2 atom stereocenters. The second-order valence-corrected chi connectivity index (χ2v) is 9.66. The molecule has 1 saturated heterocycles. The summed E-state index contributed by atoms with van der Waals surface area (Å²) >= 11 is 0. The van der Waals surface area contributed by atoms with Gasteiger partial charge in [0.1, 0.15) is 22.9 Å². The molecule has 3 heterocycles. The number of nitrogens with zero attached hydrogens (tertiary/aromatic N) is 4. The van der Waals surface area contributed by atoms with Crippen LogP contribution in [0.3, 0.4) is 0 Å². The Bertz CT molecular complexity index is 1300. The van der Waals surface area contributed by atoms with Gasteiger partial charge in [0.15, 0.2) is 0 Å². The number of para-hydroxylation sites is 1. The Balaban J connectivity index is 1.61. The molecule has 9 heteroatoms. The van der Waals surface area contributed by atoms with Crippen molar-refractivity contribution in [3.8, 4) is 0 Å². The minimum absolute atomic E-state index is 0.00155. The van der Waals surface area contributed by atoms with E-state index in [0.717, 1.165) is 23.9 Å². The number of anilines is 2. The van der Waals surface area contributed by atoms with Crippen molar-refractivity contribution in [2.24, 2.45) is 0 Å². The summed E-state index contributed by atoms with van der Waals surface area (Å²) in [5.74, 6) is 0.0369. The molecule has 1 amide bonds. The zero-order valence-electron chi connectivity index (χ0n) is 20.4. The summed E-state index contributed by atoms with van der Waals surface area (Å²) in [5, 5.41) is 3.25. The molecule has 188 valence electrons. The number of amides is 1. The molecule has 5 rings (SSSR count). The van der Waals surface area contributed by atoms with Crippen molar-refractivity contribution in [1.82, 2.24) is 14.9 Å². The van der Waals surface area contributed by atoms with E-state index in [0.29, 0.717) is 30.3 Å². The number of carbonyl (C=O) groups is 1. The smallest absolute Gasteiger partial charge is 0.266 e. The monoisotopic (exact) mass is 495 g/mol. The van der Waals surface area contributed by atoms with Gasteiger partial charge in [0.25, 0.3) is 6.43 Å². The number of likely N-dealkylation sites (N-methyl/N-ethyl adjacent to an activating group) is 1. The average molecular weight is 496 g/mol. The molecule has 1 N–H and O–H groups in total. The molecule has 2 aliphatic heterocycles. The fourth-order valence-corrected chi connectivity index (χ4v) is 5.39. The summed E-state index contributed by atoms with van der Waals surface area (Å²) in [6.07, 6.45) is -2.29. The first-order valence-corrected chi connectivity index (χ1v) is 12.0. The highest BCUT2D eigenvalue weighted by atomic mass is 19.3. The average Bonchev–Trinajstić information content (AvgIpc) is 3.24. The van der Waals surface area contributed by atoms with Gasteiger partial charge in [0.05, 0.1) is 23.8 Å². The van der Waals surface area contributed by atoms with Crippen LogP contribution in [0, 0.1) is 12.7 Å². The molecule has 3 aromatic rings. The number of carbonyl (C=O) groups excluding carboxylic acids is 1. The Morgan fingerprint density at radius 2 is 1.78 bits per heavy atom. The van der Waals surface area contributed by atoms with Crippen LogP contribution in [0.15, 0.2) is 48.5 Å². The van der Waals surface area contributed by atoms with Crippen LogP contribution in [0.25, 0.3) is 0 Å². The van der Waals surface area contributed by atoms with Gasteiger partial charge in [0.2, 0.25) is 5.91 Å². The number of fused-ring (bicyclic) bond motifs is 2. The van der Waals surface area contributed by atoms with Gasteiger partial charge in [-0.05, 0) is 46.0 Å². The number of hydrogen-bond donors (Lipinski definition) is 1. The van der Waals surface area contributed by atoms with Crippen molar-refractivity contribution >= 4 is 17.4 Å². The number of aromatic nitrogens is 2. The molecule has 2 aliphatic rings. The van der Waals surface area contributed by atoms with E-state index in [2.05, 4.69) is 15.2 Å². The van der Waals surface area contributed by atoms with Gasteiger partial charge in [-0.25, -0.2) is 23.1 Å². The van der Waals surface area contributed by atoms with Crippen LogP contribution in [0.5, 0.6) is 0 Å². The van der Waals surface area contributed by atoms with Crippen molar-refractivity contribution in [2.75, 3.05) is 30.4 Å². The maximum Gasteiger partial charge on any atom is 0.266 e. The minimum atomic E-state index is -2.91. The highest BCUT2D eigenvalue weighted by Crippen LogP contribution is 2.44. The molecule has 1 aromatic heterocycles. The van der Waals surface area contributed by atoms with Crippen molar-refractivity contribution in [1.29, 1.82) is 0 Å². The van der Waals surface area contributed by atoms with Crippen LogP contribution in [-0.4, -0.2) is 40.9 Å². The molecule has 36 heavy (non-hydrogen) atoms. The fraction of sp³-hybridized carbons (Fsp3) is 0.370. The Labute approximate surface area is 208 Å². The molecular formula is C27H28F3N5O. The number of nitrogens with one attached hydrogen (secondary N) is 1. The van der Waals surface area contributed by atoms with Gasteiger partial charge in [-0.2, -0.15) is 0 Å². The number of hydrogen-bond acceptors (Lipinski definition) is 5. The zero-order valence-corrected chi connectivity index (χ0v) is 20.4. The highest BCUT2D eigenvalue weighted by Gasteiger charge is 2.53.